The van der Waals surface area contributed by atoms with Gasteiger partial charge in [-0.05, 0) is 86.8 Å². The number of hydrogen-bond donors (Lipinski definition) is 1. The number of rotatable bonds is 2. The summed E-state index contributed by atoms with van der Waals surface area (Å²) in [5, 5.41) is 0. The normalized spacial score (nSPS) is 18.3. The summed E-state index contributed by atoms with van der Waals surface area (Å²) in [6.45, 7) is 11.2. The van der Waals surface area contributed by atoms with Gasteiger partial charge in [0, 0.05) is 6.04 Å². The summed E-state index contributed by atoms with van der Waals surface area (Å²) in [7, 11) is 0. The van der Waals surface area contributed by atoms with Gasteiger partial charge in [0.25, 0.3) is 0 Å². The predicted molar refractivity (Wildman–Crippen MR) is 79.0 cm³/mol. The zero-order valence-corrected chi connectivity index (χ0v) is 12.6. The van der Waals surface area contributed by atoms with E-state index in [0.717, 1.165) is 0 Å². The average Bonchev–Trinajstić information content (AvgIpc) is 2.88. The van der Waals surface area contributed by atoms with Gasteiger partial charge >= 0.3 is 0 Å². The molecule has 0 spiro atoms. The van der Waals surface area contributed by atoms with Crippen molar-refractivity contribution in [3.63, 3.8) is 0 Å². The molecular weight excluding hydrogens is 218 g/mol. The van der Waals surface area contributed by atoms with E-state index in [1.807, 2.05) is 0 Å². The van der Waals surface area contributed by atoms with Crippen molar-refractivity contribution in [3.05, 3.63) is 33.4 Å². The molecule has 0 unspecified atom stereocenters. The topological polar surface area (TPSA) is 26.0 Å². The van der Waals surface area contributed by atoms with E-state index < -0.39 is 0 Å². The second-order valence-corrected chi connectivity index (χ2v) is 6.11. The third kappa shape index (κ3) is 2.09. The Kier molecular flexibility index (Phi) is 3.82. The van der Waals surface area contributed by atoms with Crippen molar-refractivity contribution in [1.29, 1.82) is 0 Å². The molecule has 1 fully saturated rings. The monoisotopic (exact) mass is 245 g/mol. The number of hydrogen-bond acceptors (Lipinski definition) is 1. The smallest absolute Gasteiger partial charge is 0.0328 e. The highest BCUT2D eigenvalue weighted by Gasteiger charge is 2.26. The molecule has 0 radical (unpaired) electrons. The van der Waals surface area contributed by atoms with Crippen molar-refractivity contribution in [2.75, 3.05) is 0 Å². The Morgan fingerprint density at radius 2 is 1.17 bits per heavy atom. The second-order valence-electron chi connectivity index (χ2n) is 6.11. The minimum Gasteiger partial charge on any atom is -0.324 e. The maximum absolute atomic E-state index is 6.59. The first kappa shape index (κ1) is 13.6. The standard InChI is InChI=1S/C17H27N/c1-10-11(2)13(4)16(14(5)12(10)3)17(18)15-8-6-7-9-15/h15,17H,6-9,18H2,1-5H3/t17-/m1/s1. The molecule has 1 aliphatic rings. The minimum atomic E-state index is 0.241. The van der Waals surface area contributed by atoms with E-state index in [9.17, 15) is 0 Å². The van der Waals surface area contributed by atoms with Gasteiger partial charge < -0.3 is 5.73 Å². The van der Waals surface area contributed by atoms with Crippen molar-refractivity contribution in [3.8, 4) is 0 Å². The van der Waals surface area contributed by atoms with Gasteiger partial charge in [-0.15, -0.1) is 0 Å². The molecule has 1 saturated carbocycles. The summed E-state index contributed by atoms with van der Waals surface area (Å²) in [5.41, 5.74) is 15.2. The fourth-order valence-corrected chi connectivity index (χ4v) is 3.58. The molecule has 0 amide bonds. The lowest BCUT2D eigenvalue weighted by molar-refractivity contribution is 0.441. The van der Waals surface area contributed by atoms with Crippen LogP contribution in [0.1, 0.15) is 65.1 Å². The molecule has 100 valence electrons. The Balaban J connectivity index is 2.49. The molecule has 0 heterocycles. The molecule has 2 N–H and O–H groups in total. The van der Waals surface area contributed by atoms with E-state index in [-0.39, 0.29) is 6.04 Å². The van der Waals surface area contributed by atoms with Crippen molar-refractivity contribution in [2.45, 2.75) is 66.3 Å². The van der Waals surface area contributed by atoms with Crippen LogP contribution in [0.4, 0.5) is 0 Å². The molecule has 0 aliphatic heterocycles. The Morgan fingerprint density at radius 1 is 0.778 bits per heavy atom. The second kappa shape index (κ2) is 5.05. The largest absolute Gasteiger partial charge is 0.324 e. The zero-order valence-electron chi connectivity index (χ0n) is 12.6. The molecule has 1 atom stereocenters. The van der Waals surface area contributed by atoms with Crippen LogP contribution in [0.2, 0.25) is 0 Å². The summed E-state index contributed by atoms with van der Waals surface area (Å²) in [6.07, 6.45) is 5.35. The minimum absolute atomic E-state index is 0.241. The maximum atomic E-state index is 6.59. The number of nitrogens with two attached hydrogens (primary N) is 1. The zero-order chi connectivity index (χ0) is 13.4. The Hall–Kier alpha value is -0.820. The van der Waals surface area contributed by atoms with Gasteiger partial charge in [0.2, 0.25) is 0 Å². The SMILES string of the molecule is Cc1c(C)c(C)c([C@H](N)C2CCCC2)c(C)c1C. The van der Waals surface area contributed by atoms with E-state index in [1.54, 1.807) is 0 Å². The molecule has 1 aliphatic carbocycles. The molecule has 1 heteroatoms. The predicted octanol–water partition coefficient (Wildman–Crippen LogP) is 4.42. The van der Waals surface area contributed by atoms with Crippen LogP contribution < -0.4 is 5.73 Å². The van der Waals surface area contributed by atoms with Crippen LogP contribution in [0.25, 0.3) is 0 Å². The van der Waals surface area contributed by atoms with Gasteiger partial charge in [-0.1, -0.05) is 12.8 Å². The molecule has 0 bridgehead atoms. The van der Waals surface area contributed by atoms with Gasteiger partial charge in [-0.25, -0.2) is 0 Å². The molecule has 2 rings (SSSR count). The van der Waals surface area contributed by atoms with Gasteiger partial charge in [-0.3, -0.25) is 0 Å². The maximum Gasteiger partial charge on any atom is 0.0328 e. The fraction of sp³-hybridized carbons (Fsp3) is 0.647. The van der Waals surface area contributed by atoms with E-state index in [4.69, 9.17) is 5.73 Å². The fourth-order valence-electron chi connectivity index (χ4n) is 3.58. The summed E-state index contributed by atoms with van der Waals surface area (Å²) in [4.78, 5) is 0. The Labute approximate surface area is 112 Å². The van der Waals surface area contributed by atoms with Crippen LogP contribution in [0, 0.1) is 40.5 Å². The van der Waals surface area contributed by atoms with E-state index in [2.05, 4.69) is 34.6 Å². The van der Waals surface area contributed by atoms with Crippen molar-refractivity contribution in [1.82, 2.24) is 0 Å². The van der Waals surface area contributed by atoms with Crippen molar-refractivity contribution in [2.24, 2.45) is 11.7 Å². The van der Waals surface area contributed by atoms with E-state index >= 15 is 0 Å². The third-order valence-electron chi connectivity index (χ3n) is 5.30. The highest BCUT2D eigenvalue weighted by molar-refractivity contribution is 5.50. The molecule has 1 aromatic rings. The summed E-state index contributed by atoms with van der Waals surface area (Å²) < 4.78 is 0. The quantitative estimate of drug-likeness (QED) is 0.820. The lowest BCUT2D eigenvalue weighted by Crippen LogP contribution is -2.22. The number of benzene rings is 1. The van der Waals surface area contributed by atoms with Crippen LogP contribution in [-0.2, 0) is 0 Å². The van der Waals surface area contributed by atoms with Crippen molar-refractivity contribution < 1.29 is 0 Å². The van der Waals surface area contributed by atoms with Crippen molar-refractivity contribution >= 4 is 0 Å². The lowest BCUT2D eigenvalue weighted by atomic mass is 9.82. The van der Waals surface area contributed by atoms with Gasteiger partial charge in [0.05, 0.1) is 0 Å². The first-order valence-corrected chi connectivity index (χ1v) is 7.27. The molecular formula is C17H27N. The third-order valence-corrected chi connectivity index (χ3v) is 5.30. The molecule has 0 aromatic heterocycles. The van der Waals surface area contributed by atoms with Gasteiger partial charge in [0.15, 0.2) is 0 Å². The molecule has 0 saturated heterocycles. The molecule has 1 nitrogen and oxygen atoms in total. The Bertz CT molecular complexity index is 424. The average molecular weight is 245 g/mol. The van der Waals surface area contributed by atoms with Crippen LogP contribution >= 0.6 is 0 Å². The first-order valence-electron chi connectivity index (χ1n) is 7.27. The van der Waals surface area contributed by atoms with E-state index in [0.29, 0.717) is 5.92 Å². The van der Waals surface area contributed by atoms with E-state index in [1.165, 1.54) is 59.1 Å². The summed E-state index contributed by atoms with van der Waals surface area (Å²) >= 11 is 0. The summed E-state index contributed by atoms with van der Waals surface area (Å²) in [6, 6.07) is 0.241. The van der Waals surface area contributed by atoms with Crippen LogP contribution in [0.15, 0.2) is 0 Å². The first-order chi connectivity index (χ1) is 8.45. The van der Waals surface area contributed by atoms with Crippen LogP contribution in [0.3, 0.4) is 0 Å². The molecule has 18 heavy (non-hydrogen) atoms. The van der Waals surface area contributed by atoms with Gasteiger partial charge in [-0.2, -0.15) is 0 Å². The van der Waals surface area contributed by atoms with Crippen LogP contribution in [-0.4, -0.2) is 0 Å². The molecule has 1 aromatic carbocycles. The highest BCUT2D eigenvalue weighted by Crippen LogP contribution is 2.38. The summed E-state index contributed by atoms with van der Waals surface area (Å²) in [5.74, 6) is 0.698. The Morgan fingerprint density at radius 3 is 1.61 bits per heavy atom. The van der Waals surface area contributed by atoms with Crippen LogP contribution in [0.5, 0.6) is 0 Å². The highest BCUT2D eigenvalue weighted by atomic mass is 14.7. The van der Waals surface area contributed by atoms with Gasteiger partial charge in [0.1, 0.15) is 0 Å². The lowest BCUT2D eigenvalue weighted by Gasteiger charge is -2.27.